The van der Waals surface area contributed by atoms with Crippen LogP contribution in [0.3, 0.4) is 0 Å². The fraction of sp³-hybridized carbons (Fsp3) is 0.519. The molecule has 34 heavy (non-hydrogen) atoms. The highest BCUT2D eigenvalue weighted by Gasteiger charge is 2.15. The number of rotatable bonds is 0. The lowest BCUT2D eigenvalue weighted by Crippen LogP contribution is -2.32. The van der Waals surface area contributed by atoms with Crippen LogP contribution in [-0.4, -0.2) is 93.8 Å². The van der Waals surface area contributed by atoms with Crippen LogP contribution < -0.4 is 0 Å². The molecule has 0 saturated heterocycles. The minimum atomic E-state index is 0.616. The molecule has 3 heterocycles. The van der Waals surface area contributed by atoms with Gasteiger partial charge in [-0.15, -0.1) is 0 Å². The molecule has 0 saturated carbocycles. The van der Waals surface area contributed by atoms with Gasteiger partial charge in [-0.1, -0.05) is 36.4 Å². The first-order valence-electron chi connectivity index (χ1n) is 12.4. The Hall–Kier alpha value is -2.13. The average Bonchev–Trinajstić information content (AvgIpc) is 2.85. The van der Waals surface area contributed by atoms with E-state index in [-0.39, 0.29) is 0 Å². The van der Waals surface area contributed by atoms with Gasteiger partial charge in [0.1, 0.15) is 0 Å². The van der Waals surface area contributed by atoms with Gasteiger partial charge in [-0.25, -0.2) is 4.98 Å². The van der Waals surface area contributed by atoms with Crippen LogP contribution >= 0.6 is 0 Å². The molecule has 0 atom stereocenters. The van der Waals surface area contributed by atoms with Gasteiger partial charge in [0.05, 0.1) is 63.9 Å². The van der Waals surface area contributed by atoms with Crippen LogP contribution in [0.5, 0.6) is 0 Å². The number of fused-ring (bicyclic) bond motifs is 2. The number of pyridine rings is 1. The van der Waals surface area contributed by atoms with Gasteiger partial charge in [0.2, 0.25) is 0 Å². The lowest BCUT2D eigenvalue weighted by molar-refractivity contribution is 0.00634. The van der Waals surface area contributed by atoms with E-state index in [1.165, 1.54) is 21.9 Å². The molecule has 182 valence electrons. The maximum absolute atomic E-state index is 5.88. The Bertz CT molecular complexity index is 975. The van der Waals surface area contributed by atoms with E-state index in [1.54, 1.807) is 0 Å². The van der Waals surface area contributed by atoms with Crippen molar-refractivity contribution in [2.75, 3.05) is 79.0 Å². The quantitative estimate of drug-likeness (QED) is 0.473. The number of aromatic nitrogens is 1. The topological polar surface area (TPSA) is 56.3 Å². The van der Waals surface area contributed by atoms with Gasteiger partial charge in [0, 0.05) is 50.0 Å². The first kappa shape index (κ1) is 23.6. The first-order valence-corrected chi connectivity index (χ1v) is 12.4. The van der Waals surface area contributed by atoms with Crippen LogP contribution in [0.2, 0.25) is 0 Å². The summed E-state index contributed by atoms with van der Waals surface area (Å²) in [6.07, 6.45) is 0. The average molecular weight is 466 g/mol. The van der Waals surface area contributed by atoms with Crippen molar-refractivity contribution in [1.82, 2.24) is 14.8 Å². The summed E-state index contributed by atoms with van der Waals surface area (Å²) in [5, 5.41) is 2.37. The highest BCUT2D eigenvalue weighted by Crippen LogP contribution is 2.26. The van der Waals surface area contributed by atoms with Crippen LogP contribution in [0.25, 0.3) is 21.8 Å². The van der Waals surface area contributed by atoms with E-state index in [2.05, 4.69) is 52.3 Å². The largest absolute Gasteiger partial charge is 0.378 e. The van der Waals surface area contributed by atoms with Crippen LogP contribution in [0.1, 0.15) is 11.1 Å². The summed E-state index contributed by atoms with van der Waals surface area (Å²) in [6.45, 7) is 10.1. The summed E-state index contributed by atoms with van der Waals surface area (Å²) in [4.78, 5) is 10.0. The highest BCUT2D eigenvalue weighted by atomic mass is 16.5. The van der Waals surface area contributed by atoms with Gasteiger partial charge >= 0.3 is 0 Å². The Morgan fingerprint density at radius 3 is 1.35 bits per heavy atom. The standard InChI is InChI=1S/C27H35N3O4/c1-3-22-19-23-4-2-6-25-21-30-9-13-33-17-15-31-11-7-29(8-12-32-16-18-34-14-10-30)20-24(5-1)26(22)28-27(23)25/h1-6,19H,7-18,20-21H2. The van der Waals surface area contributed by atoms with Crippen molar-refractivity contribution >= 4 is 21.8 Å². The molecule has 0 radical (unpaired) electrons. The molecule has 3 aromatic rings. The molecular weight excluding hydrogens is 430 g/mol. The SMILES string of the molecule is c1cc2c3nc4c(cccc4cc3c1)CN1CCOCCOCCN(CCOCCOCC1)C2. The van der Waals surface area contributed by atoms with Gasteiger partial charge < -0.3 is 18.9 Å². The second-order valence-corrected chi connectivity index (χ2v) is 8.97. The van der Waals surface area contributed by atoms with Crippen molar-refractivity contribution in [2.45, 2.75) is 13.1 Å². The lowest BCUT2D eigenvalue weighted by Gasteiger charge is -2.23. The molecule has 0 N–H and O–H groups in total. The zero-order valence-electron chi connectivity index (χ0n) is 19.9. The molecule has 0 amide bonds. The summed E-state index contributed by atoms with van der Waals surface area (Å²) >= 11 is 0. The maximum Gasteiger partial charge on any atom is 0.0754 e. The molecule has 0 fully saturated rings. The lowest BCUT2D eigenvalue weighted by atomic mass is 10.0. The molecule has 7 nitrogen and oxygen atoms in total. The van der Waals surface area contributed by atoms with Crippen LogP contribution in [0, 0.1) is 0 Å². The molecule has 4 bridgehead atoms. The minimum absolute atomic E-state index is 0.616. The smallest absolute Gasteiger partial charge is 0.0754 e. The molecule has 0 unspecified atom stereocenters. The van der Waals surface area contributed by atoms with E-state index in [0.29, 0.717) is 52.9 Å². The second kappa shape index (κ2) is 12.0. The summed E-state index contributed by atoms with van der Waals surface area (Å²) < 4.78 is 23.5. The highest BCUT2D eigenvalue weighted by molar-refractivity contribution is 5.95. The van der Waals surface area contributed by atoms with Crippen molar-refractivity contribution in [3.8, 4) is 0 Å². The summed E-state index contributed by atoms with van der Waals surface area (Å²) in [5.74, 6) is 0. The van der Waals surface area contributed by atoms with Gasteiger partial charge in [0.15, 0.2) is 0 Å². The molecule has 7 heteroatoms. The van der Waals surface area contributed by atoms with E-state index in [1.807, 2.05) is 0 Å². The Kier molecular flexibility index (Phi) is 8.34. The predicted octanol–water partition coefficient (Wildman–Crippen LogP) is 3.09. The maximum atomic E-state index is 5.88. The van der Waals surface area contributed by atoms with Crippen molar-refractivity contribution in [2.24, 2.45) is 0 Å². The number of ether oxygens (including phenoxy) is 4. The molecular formula is C27H35N3O4. The third-order valence-corrected chi connectivity index (χ3v) is 6.58. The van der Waals surface area contributed by atoms with Gasteiger partial charge in [0.25, 0.3) is 0 Å². The van der Waals surface area contributed by atoms with Crippen LogP contribution in [-0.2, 0) is 32.0 Å². The monoisotopic (exact) mass is 465 g/mol. The fourth-order valence-electron chi connectivity index (χ4n) is 4.70. The van der Waals surface area contributed by atoms with Crippen molar-refractivity contribution < 1.29 is 18.9 Å². The number of para-hydroxylation sites is 2. The fourth-order valence-corrected chi connectivity index (χ4v) is 4.70. The molecule has 1 aromatic heterocycles. The van der Waals surface area contributed by atoms with Crippen LogP contribution in [0.4, 0.5) is 0 Å². The van der Waals surface area contributed by atoms with Crippen LogP contribution in [0.15, 0.2) is 42.5 Å². The summed E-state index contributed by atoms with van der Waals surface area (Å²) in [7, 11) is 0. The number of benzene rings is 2. The molecule has 0 aliphatic carbocycles. The number of hydrogen-bond donors (Lipinski definition) is 0. The Labute approximate surface area is 201 Å². The van der Waals surface area contributed by atoms with Gasteiger partial charge in [-0.05, 0) is 17.2 Å². The third kappa shape index (κ3) is 6.10. The third-order valence-electron chi connectivity index (χ3n) is 6.58. The van der Waals surface area contributed by atoms with E-state index >= 15 is 0 Å². The normalized spacial score (nSPS) is 24.1. The van der Waals surface area contributed by atoms with Crippen molar-refractivity contribution in [3.63, 3.8) is 0 Å². The van der Waals surface area contributed by atoms with E-state index < -0.39 is 0 Å². The Morgan fingerprint density at radius 1 is 0.529 bits per heavy atom. The zero-order valence-corrected chi connectivity index (χ0v) is 19.9. The molecule has 2 aliphatic heterocycles. The molecule has 2 aliphatic rings. The molecule has 5 rings (SSSR count). The first-order chi connectivity index (χ1) is 16.9. The van der Waals surface area contributed by atoms with Gasteiger partial charge in [-0.3, -0.25) is 9.80 Å². The summed E-state index contributed by atoms with van der Waals surface area (Å²) in [5.41, 5.74) is 4.65. The number of hydrogen-bond acceptors (Lipinski definition) is 7. The van der Waals surface area contributed by atoms with E-state index in [9.17, 15) is 0 Å². The minimum Gasteiger partial charge on any atom is -0.378 e. The molecule has 0 spiro atoms. The second-order valence-electron chi connectivity index (χ2n) is 8.97. The Morgan fingerprint density at radius 2 is 0.941 bits per heavy atom. The predicted molar refractivity (Wildman–Crippen MR) is 133 cm³/mol. The van der Waals surface area contributed by atoms with E-state index in [4.69, 9.17) is 23.9 Å². The zero-order chi connectivity index (χ0) is 23.0. The van der Waals surface area contributed by atoms with Crippen molar-refractivity contribution in [1.29, 1.82) is 0 Å². The number of nitrogens with zero attached hydrogens (tertiary/aromatic N) is 3. The van der Waals surface area contributed by atoms with Gasteiger partial charge in [-0.2, -0.15) is 0 Å². The van der Waals surface area contributed by atoms with E-state index in [0.717, 1.165) is 50.3 Å². The summed E-state index contributed by atoms with van der Waals surface area (Å²) in [6, 6.07) is 15.3. The molecule has 2 aromatic carbocycles. The van der Waals surface area contributed by atoms with Crippen molar-refractivity contribution in [3.05, 3.63) is 53.6 Å². The Balaban J connectivity index is 1.57.